The second-order valence-electron chi connectivity index (χ2n) is 6.00. The minimum atomic E-state index is -0.0565. The van der Waals surface area contributed by atoms with E-state index in [1.165, 1.54) is 10.8 Å². The molecule has 0 radical (unpaired) electrons. The van der Waals surface area contributed by atoms with Crippen LogP contribution in [0, 0.1) is 5.41 Å². The number of amides is 1. The van der Waals surface area contributed by atoms with Gasteiger partial charge in [0.05, 0.1) is 6.42 Å². The van der Waals surface area contributed by atoms with Crippen molar-refractivity contribution in [3.63, 3.8) is 0 Å². The van der Waals surface area contributed by atoms with E-state index in [0.717, 1.165) is 5.56 Å². The third-order valence-electron chi connectivity index (χ3n) is 3.50. The second kappa shape index (κ2) is 6.06. The lowest BCUT2D eigenvalue weighted by molar-refractivity contribution is -0.120. The molecule has 2 rings (SSSR count). The first-order chi connectivity index (χ1) is 9.50. The first-order valence-electron chi connectivity index (χ1n) is 6.95. The number of benzene rings is 2. The highest BCUT2D eigenvalue weighted by molar-refractivity contribution is 5.85. The molecule has 3 N–H and O–H groups in total. The molecule has 0 unspecified atom stereocenters. The van der Waals surface area contributed by atoms with Crippen LogP contribution in [0.15, 0.2) is 42.5 Å². The number of carbonyl (C=O) groups excluding carboxylic acids is 1. The first-order valence-corrected chi connectivity index (χ1v) is 6.95. The predicted molar refractivity (Wildman–Crippen MR) is 83.5 cm³/mol. The molecule has 0 saturated carbocycles. The zero-order valence-corrected chi connectivity index (χ0v) is 12.1. The van der Waals surface area contributed by atoms with Gasteiger partial charge in [-0.2, -0.15) is 0 Å². The number of carbonyl (C=O) groups is 1. The molecule has 2 aromatic carbocycles. The van der Waals surface area contributed by atoms with Crippen LogP contribution in [0.2, 0.25) is 0 Å². The Morgan fingerprint density at radius 3 is 2.55 bits per heavy atom. The van der Waals surface area contributed by atoms with Crippen molar-refractivity contribution in [2.75, 3.05) is 13.1 Å². The van der Waals surface area contributed by atoms with Gasteiger partial charge in [-0.15, -0.1) is 0 Å². The smallest absolute Gasteiger partial charge is 0.224 e. The summed E-state index contributed by atoms with van der Waals surface area (Å²) < 4.78 is 0. The molecule has 0 atom stereocenters. The fraction of sp³-hybridized carbons (Fsp3) is 0.353. The Kier molecular flexibility index (Phi) is 4.40. The first kappa shape index (κ1) is 14.5. The molecule has 0 saturated heterocycles. The zero-order chi connectivity index (χ0) is 14.6. The van der Waals surface area contributed by atoms with Crippen molar-refractivity contribution in [3.8, 4) is 0 Å². The Labute approximate surface area is 120 Å². The van der Waals surface area contributed by atoms with Crippen LogP contribution in [0.1, 0.15) is 19.4 Å². The lowest BCUT2D eigenvalue weighted by Gasteiger charge is -2.22. The van der Waals surface area contributed by atoms with E-state index in [4.69, 9.17) is 5.73 Å². The highest BCUT2D eigenvalue weighted by Crippen LogP contribution is 2.16. The standard InChI is InChI=1S/C17H22N2O/c1-17(2,11-18)12-19-16(20)10-13-7-8-14-5-3-4-6-15(14)9-13/h3-9H,10-12,18H2,1-2H3,(H,19,20). The lowest BCUT2D eigenvalue weighted by atomic mass is 9.94. The average Bonchev–Trinajstić information content (AvgIpc) is 2.45. The quantitative estimate of drug-likeness (QED) is 0.877. The summed E-state index contributed by atoms with van der Waals surface area (Å²) in [6, 6.07) is 14.3. The minimum absolute atomic E-state index is 0.0433. The molecule has 0 fully saturated rings. The molecule has 0 bridgehead atoms. The SMILES string of the molecule is CC(C)(CN)CNC(=O)Cc1ccc2ccccc2c1. The molecule has 2 aromatic rings. The van der Waals surface area contributed by atoms with Crippen molar-refractivity contribution in [2.45, 2.75) is 20.3 Å². The third kappa shape index (κ3) is 3.81. The number of rotatable bonds is 5. The molecular weight excluding hydrogens is 248 g/mol. The second-order valence-corrected chi connectivity index (χ2v) is 6.00. The average molecular weight is 270 g/mol. The normalized spacial score (nSPS) is 11.6. The fourth-order valence-electron chi connectivity index (χ4n) is 2.01. The minimum Gasteiger partial charge on any atom is -0.355 e. The maximum absolute atomic E-state index is 12.0. The van der Waals surface area contributed by atoms with Crippen molar-refractivity contribution in [3.05, 3.63) is 48.0 Å². The summed E-state index contributed by atoms with van der Waals surface area (Å²) in [5.74, 6) is 0.0433. The monoisotopic (exact) mass is 270 g/mol. The van der Waals surface area contributed by atoms with Gasteiger partial charge in [-0.1, -0.05) is 56.3 Å². The number of hydrogen-bond acceptors (Lipinski definition) is 2. The summed E-state index contributed by atoms with van der Waals surface area (Å²) in [5, 5.41) is 5.31. The van der Waals surface area contributed by atoms with E-state index in [0.29, 0.717) is 19.5 Å². The molecule has 0 aliphatic rings. The molecule has 0 aliphatic heterocycles. The van der Waals surface area contributed by atoms with Crippen LogP contribution in [-0.2, 0) is 11.2 Å². The van der Waals surface area contributed by atoms with E-state index < -0.39 is 0 Å². The summed E-state index contributed by atoms with van der Waals surface area (Å²) in [6.07, 6.45) is 0.408. The number of hydrogen-bond donors (Lipinski definition) is 2. The van der Waals surface area contributed by atoms with Crippen molar-refractivity contribution in [1.82, 2.24) is 5.32 Å². The highest BCUT2D eigenvalue weighted by Gasteiger charge is 2.16. The summed E-state index contributed by atoms with van der Waals surface area (Å²) in [4.78, 5) is 12.0. The van der Waals surface area contributed by atoms with Crippen LogP contribution < -0.4 is 11.1 Å². The van der Waals surface area contributed by atoms with Gasteiger partial charge >= 0.3 is 0 Å². The zero-order valence-electron chi connectivity index (χ0n) is 12.1. The van der Waals surface area contributed by atoms with Gasteiger partial charge in [0.2, 0.25) is 5.91 Å². The van der Waals surface area contributed by atoms with Gasteiger partial charge in [-0.25, -0.2) is 0 Å². The van der Waals surface area contributed by atoms with Crippen LogP contribution in [0.25, 0.3) is 10.8 Å². The maximum Gasteiger partial charge on any atom is 0.224 e. The van der Waals surface area contributed by atoms with Gasteiger partial charge in [-0.05, 0) is 28.3 Å². The summed E-state index contributed by atoms with van der Waals surface area (Å²) in [7, 11) is 0. The lowest BCUT2D eigenvalue weighted by Crippen LogP contribution is -2.39. The van der Waals surface area contributed by atoms with Crippen LogP contribution in [-0.4, -0.2) is 19.0 Å². The van der Waals surface area contributed by atoms with Gasteiger partial charge in [0, 0.05) is 6.54 Å². The Bertz CT molecular complexity index is 605. The number of fused-ring (bicyclic) bond motifs is 1. The number of nitrogens with one attached hydrogen (secondary N) is 1. The number of nitrogens with two attached hydrogens (primary N) is 1. The molecule has 1 amide bonds. The Morgan fingerprint density at radius 1 is 1.15 bits per heavy atom. The van der Waals surface area contributed by atoms with E-state index in [-0.39, 0.29) is 11.3 Å². The van der Waals surface area contributed by atoms with Gasteiger partial charge in [0.15, 0.2) is 0 Å². The molecule has 0 heterocycles. The van der Waals surface area contributed by atoms with E-state index in [1.807, 2.05) is 32.0 Å². The molecule has 3 nitrogen and oxygen atoms in total. The fourth-order valence-corrected chi connectivity index (χ4v) is 2.01. The molecular formula is C17H22N2O. The molecule has 106 valence electrons. The molecule has 3 heteroatoms. The highest BCUT2D eigenvalue weighted by atomic mass is 16.1. The summed E-state index contributed by atoms with van der Waals surface area (Å²) in [5.41, 5.74) is 6.63. The van der Waals surface area contributed by atoms with Gasteiger partial charge in [-0.3, -0.25) is 4.79 Å². The molecule has 20 heavy (non-hydrogen) atoms. The van der Waals surface area contributed by atoms with Gasteiger partial charge in [0.25, 0.3) is 0 Å². The maximum atomic E-state index is 12.0. The van der Waals surface area contributed by atoms with Crippen molar-refractivity contribution in [1.29, 1.82) is 0 Å². The van der Waals surface area contributed by atoms with Crippen LogP contribution >= 0.6 is 0 Å². The van der Waals surface area contributed by atoms with Gasteiger partial charge in [0.1, 0.15) is 0 Å². The van der Waals surface area contributed by atoms with Crippen molar-refractivity contribution >= 4 is 16.7 Å². The topological polar surface area (TPSA) is 55.1 Å². The van der Waals surface area contributed by atoms with Crippen molar-refractivity contribution in [2.24, 2.45) is 11.1 Å². The molecule has 0 aromatic heterocycles. The Balaban J connectivity index is 1.99. The van der Waals surface area contributed by atoms with Crippen LogP contribution in [0.5, 0.6) is 0 Å². The largest absolute Gasteiger partial charge is 0.355 e. The molecule has 0 aliphatic carbocycles. The van der Waals surface area contributed by atoms with Gasteiger partial charge < -0.3 is 11.1 Å². The Hall–Kier alpha value is -1.87. The van der Waals surface area contributed by atoms with Crippen LogP contribution in [0.3, 0.4) is 0 Å². The predicted octanol–water partition coefficient (Wildman–Crippen LogP) is 2.48. The molecule has 0 spiro atoms. The third-order valence-corrected chi connectivity index (χ3v) is 3.50. The van der Waals surface area contributed by atoms with E-state index in [9.17, 15) is 4.79 Å². The Morgan fingerprint density at radius 2 is 1.85 bits per heavy atom. The van der Waals surface area contributed by atoms with E-state index in [1.54, 1.807) is 0 Å². The van der Waals surface area contributed by atoms with E-state index >= 15 is 0 Å². The summed E-state index contributed by atoms with van der Waals surface area (Å²) >= 11 is 0. The van der Waals surface area contributed by atoms with Crippen LogP contribution in [0.4, 0.5) is 0 Å². The van der Waals surface area contributed by atoms with Crippen molar-refractivity contribution < 1.29 is 4.79 Å². The van der Waals surface area contributed by atoms with E-state index in [2.05, 4.69) is 29.6 Å². The summed E-state index contributed by atoms with van der Waals surface area (Å²) in [6.45, 7) is 5.26.